The molecule has 0 aromatic heterocycles. The van der Waals surface area contributed by atoms with Gasteiger partial charge in [0.25, 0.3) is 5.91 Å². The highest BCUT2D eigenvalue weighted by atomic mass is 79.9. The van der Waals surface area contributed by atoms with Crippen molar-refractivity contribution in [2.24, 2.45) is 5.92 Å². The number of likely N-dealkylation sites (tertiary alicyclic amines) is 1. The molecule has 0 saturated carbocycles. The molecule has 162 valence electrons. The average Bonchev–Trinajstić information content (AvgIpc) is 2.96. The molecule has 1 amide bonds. The van der Waals surface area contributed by atoms with Gasteiger partial charge in [-0.2, -0.15) is 0 Å². The molecule has 2 N–H and O–H groups in total. The van der Waals surface area contributed by atoms with E-state index in [2.05, 4.69) is 26.1 Å². The zero-order chi connectivity index (χ0) is 20.8. The molecule has 2 aliphatic rings. The Morgan fingerprint density at radius 2 is 2.17 bits per heavy atom. The van der Waals surface area contributed by atoms with Crippen LogP contribution in [-0.4, -0.2) is 75.1 Å². The van der Waals surface area contributed by atoms with E-state index in [4.69, 9.17) is 25.8 Å². The minimum Gasteiger partial charge on any atom is -0.489 e. The molecule has 7 nitrogen and oxygen atoms in total. The van der Waals surface area contributed by atoms with Crippen LogP contribution in [0.1, 0.15) is 29.6 Å². The minimum absolute atomic E-state index is 0.0133. The van der Waals surface area contributed by atoms with Crippen molar-refractivity contribution < 1.29 is 24.1 Å². The normalized spacial score (nSPS) is 22.2. The number of carbonyl (C=O) groups is 1. The number of carbonyl (C=O) groups excluding carboxylic acids is 1. The van der Waals surface area contributed by atoms with Crippen molar-refractivity contribution in [3.63, 3.8) is 0 Å². The number of aliphatic hydroxyl groups is 1. The fourth-order valence-corrected chi connectivity index (χ4v) is 4.28. The second-order valence-electron chi connectivity index (χ2n) is 7.40. The van der Waals surface area contributed by atoms with Crippen LogP contribution in [0.2, 0.25) is 5.02 Å². The summed E-state index contributed by atoms with van der Waals surface area (Å²) in [4.78, 5) is 15.1. The molecule has 9 heteroatoms. The number of β-amino-alcohol motifs (C(OH)–C–C–N with tert-alkyl or cyclic N) is 1. The molecule has 3 rings (SSSR count). The third-order valence-corrected chi connectivity index (χ3v) is 6.62. The summed E-state index contributed by atoms with van der Waals surface area (Å²) in [5.41, 5.74) is 0.349. The number of nitrogens with zero attached hydrogens (tertiary/aromatic N) is 1. The molecule has 2 heterocycles. The van der Waals surface area contributed by atoms with Crippen LogP contribution in [0.25, 0.3) is 0 Å². The lowest BCUT2D eigenvalue weighted by Crippen LogP contribution is -2.48. The van der Waals surface area contributed by atoms with Crippen LogP contribution in [0.15, 0.2) is 10.5 Å². The zero-order valence-electron chi connectivity index (χ0n) is 16.6. The van der Waals surface area contributed by atoms with Crippen molar-refractivity contribution in [2.75, 3.05) is 53.1 Å². The number of benzene rings is 1. The minimum atomic E-state index is -0.475. The standard InChI is InChI=1S/C20H28BrClN2O5/c1-27-7-2-5-24-6-4-13(16(25)12-24)11-23-20(26)14-10-15(22)17(21)19-18(14)28-8-3-9-29-19/h10,13,16,25H,2-9,11-12H2,1H3,(H,23,26)/t13-,16?/m0/s1. The molecule has 1 saturated heterocycles. The Morgan fingerprint density at radius 1 is 1.41 bits per heavy atom. The third-order valence-electron chi connectivity index (χ3n) is 5.31. The number of hydrogen-bond donors (Lipinski definition) is 2. The quantitative estimate of drug-likeness (QED) is 0.571. The summed E-state index contributed by atoms with van der Waals surface area (Å²) in [6.45, 7) is 4.51. The van der Waals surface area contributed by atoms with Gasteiger partial charge >= 0.3 is 0 Å². The van der Waals surface area contributed by atoms with Gasteiger partial charge in [-0.1, -0.05) is 11.6 Å². The first-order chi connectivity index (χ1) is 14.0. The average molecular weight is 492 g/mol. The molecular weight excluding hydrogens is 464 g/mol. The van der Waals surface area contributed by atoms with Crippen molar-refractivity contribution in [3.8, 4) is 11.5 Å². The van der Waals surface area contributed by atoms with Gasteiger partial charge in [0, 0.05) is 45.7 Å². The van der Waals surface area contributed by atoms with Gasteiger partial charge in [-0.3, -0.25) is 4.79 Å². The fourth-order valence-electron chi connectivity index (χ4n) is 3.67. The lowest BCUT2D eigenvalue weighted by Gasteiger charge is -2.36. The number of fused-ring (bicyclic) bond motifs is 1. The molecule has 2 aliphatic heterocycles. The third kappa shape index (κ3) is 5.76. The van der Waals surface area contributed by atoms with Gasteiger partial charge in [-0.05, 0) is 41.4 Å². The molecule has 29 heavy (non-hydrogen) atoms. The van der Waals surface area contributed by atoms with E-state index >= 15 is 0 Å². The van der Waals surface area contributed by atoms with Crippen LogP contribution < -0.4 is 14.8 Å². The van der Waals surface area contributed by atoms with Crippen LogP contribution in [0.5, 0.6) is 11.5 Å². The molecule has 0 aliphatic carbocycles. The number of ether oxygens (including phenoxy) is 3. The van der Waals surface area contributed by atoms with Crippen molar-refractivity contribution in [1.29, 1.82) is 0 Å². The van der Waals surface area contributed by atoms with Crippen LogP contribution in [-0.2, 0) is 4.74 Å². The summed E-state index contributed by atoms with van der Waals surface area (Å²) in [5.74, 6) is 0.601. The smallest absolute Gasteiger partial charge is 0.255 e. The second kappa shape index (κ2) is 10.8. The number of rotatable bonds is 7. The Bertz CT molecular complexity index is 721. The fraction of sp³-hybridized carbons (Fsp3) is 0.650. The van der Waals surface area contributed by atoms with Crippen LogP contribution in [0, 0.1) is 5.92 Å². The Hall–Kier alpha value is -1.06. The highest BCUT2D eigenvalue weighted by Gasteiger charge is 2.29. The second-order valence-corrected chi connectivity index (χ2v) is 8.60. The maximum atomic E-state index is 12.9. The summed E-state index contributed by atoms with van der Waals surface area (Å²) < 4.78 is 17.2. The van der Waals surface area contributed by atoms with Crippen molar-refractivity contribution >= 4 is 33.4 Å². The first-order valence-corrected chi connectivity index (χ1v) is 11.1. The first-order valence-electron chi connectivity index (χ1n) is 9.96. The van der Waals surface area contributed by atoms with E-state index in [0.29, 0.717) is 52.9 Å². The number of nitrogens with one attached hydrogen (secondary N) is 1. The van der Waals surface area contributed by atoms with Gasteiger partial charge < -0.3 is 29.5 Å². The summed E-state index contributed by atoms with van der Waals surface area (Å²) in [6.07, 6.45) is 2.03. The number of aliphatic hydroxyl groups excluding tert-OH is 1. The van der Waals surface area contributed by atoms with Crippen molar-refractivity contribution in [2.45, 2.75) is 25.4 Å². The van der Waals surface area contributed by atoms with E-state index in [9.17, 15) is 9.90 Å². The number of piperidine rings is 1. The molecular formula is C20H28BrClN2O5. The maximum Gasteiger partial charge on any atom is 0.255 e. The number of halogens is 2. The van der Waals surface area contributed by atoms with E-state index in [1.807, 2.05) is 0 Å². The molecule has 0 spiro atoms. The van der Waals surface area contributed by atoms with Gasteiger partial charge in [0.2, 0.25) is 0 Å². The topological polar surface area (TPSA) is 80.3 Å². The Morgan fingerprint density at radius 3 is 2.90 bits per heavy atom. The summed E-state index contributed by atoms with van der Waals surface area (Å²) >= 11 is 9.68. The Labute approximate surface area is 184 Å². The van der Waals surface area contributed by atoms with E-state index in [1.54, 1.807) is 13.2 Å². The molecule has 0 bridgehead atoms. The Kier molecular flexibility index (Phi) is 8.44. The van der Waals surface area contributed by atoms with Gasteiger partial charge in [0.15, 0.2) is 11.5 Å². The first kappa shape index (κ1) is 22.6. The lowest BCUT2D eigenvalue weighted by atomic mass is 9.93. The van der Waals surface area contributed by atoms with E-state index in [1.165, 1.54) is 0 Å². The SMILES string of the molecule is COCCCN1CC[C@@H](CNC(=O)c2cc(Cl)c(Br)c3c2OCCCO3)C(O)C1. The number of methoxy groups -OCH3 is 1. The number of hydrogen-bond acceptors (Lipinski definition) is 6. The predicted molar refractivity (Wildman–Crippen MR) is 114 cm³/mol. The van der Waals surface area contributed by atoms with Gasteiger partial charge in [0.1, 0.15) is 0 Å². The van der Waals surface area contributed by atoms with Gasteiger partial charge in [0.05, 0.1) is 34.4 Å². The van der Waals surface area contributed by atoms with E-state index < -0.39 is 6.10 Å². The highest BCUT2D eigenvalue weighted by Crippen LogP contribution is 2.44. The van der Waals surface area contributed by atoms with Crippen molar-refractivity contribution in [1.82, 2.24) is 10.2 Å². The van der Waals surface area contributed by atoms with Crippen LogP contribution in [0.3, 0.4) is 0 Å². The Balaban J connectivity index is 1.60. The van der Waals surface area contributed by atoms with Gasteiger partial charge in [-0.15, -0.1) is 0 Å². The summed E-state index contributed by atoms with van der Waals surface area (Å²) in [6, 6.07) is 1.59. The molecule has 1 aromatic carbocycles. The predicted octanol–water partition coefficient (Wildman–Crippen LogP) is 2.71. The lowest BCUT2D eigenvalue weighted by molar-refractivity contribution is 0.0192. The monoisotopic (exact) mass is 490 g/mol. The molecule has 1 unspecified atom stereocenters. The molecule has 1 aromatic rings. The van der Waals surface area contributed by atoms with Crippen molar-refractivity contribution in [3.05, 3.63) is 21.1 Å². The number of amides is 1. The largest absolute Gasteiger partial charge is 0.489 e. The molecule has 1 fully saturated rings. The maximum absolute atomic E-state index is 12.9. The highest BCUT2D eigenvalue weighted by molar-refractivity contribution is 9.10. The van der Waals surface area contributed by atoms with Crippen LogP contribution in [0.4, 0.5) is 0 Å². The van der Waals surface area contributed by atoms with E-state index in [-0.39, 0.29) is 11.8 Å². The van der Waals surface area contributed by atoms with Gasteiger partial charge in [-0.25, -0.2) is 0 Å². The summed E-state index contributed by atoms with van der Waals surface area (Å²) in [7, 11) is 1.69. The zero-order valence-corrected chi connectivity index (χ0v) is 18.9. The molecule has 0 radical (unpaired) electrons. The molecule has 2 atom stereocenters. The van der Waals surface area contributed by atoms with E-state index in [0.717, 1.165) is 39.0 Å². The summed E-state index contributed by atoms with van der Waals surface area (Å²) in [5, 5.41) is 13.8. The van der Waals surface area contributed by atoms with Crippen LogP contribution >= 0.6 is 27.5 Å².